The molecular formula is C26H24N6O2. The Kier molecular flexibility index (Phi) is 5.55. The Labute approximate surface area is 197 Å². The van der Waals surface area contributed by atoms with Crippen LogP contribution < -0.4 is 15.4 Å². The van der Waals surface area contributed by atoms with Crippen molar-refractivity contribution in [3.8, 4) is 17.1 Å². The third-order valence-corrected chi connectivity index (χ3v) is 5.73. The molecule has 1 aliphatic heterocycles. The molecular weight excluding hydrogens is 428 g/mol. The van der Waals surface area contributed by atoms with Gasteiger partial charge in [0.15, 0.2) is 5.82 Å². The van der Waals surface area contributed by atoms with Gasteiger partial charge in [-0.1, -0.05) is 48.0 Å². The summed E-state index contributed by atoms with van der Waals surface area (Å²) in [7, 11) is 1.57. The highest BCUT2D eigenvalue weighted by Gasteiger charge is 2.35. The molecule has 0 spiro atoms. The largest absolute Gasteiger partial charge is 0.495 e. The maximum absolute atomic E-state index is 13.6. The minimum Gasteiger partial charge on any atom is -0.495 e. The number of nitrogens with one attached hydrogen (secondary N) is 2. The third-order valence-electron chi connectivity index (χ3n) is 5.73. The summed E-state index contributed by atoms with van der Waals surface area (Å²) in [6, 6.07) is 20.4. The first kappa shape index (κ1) is 21.4. The Morgan fingerprint density at radius 3 is 2.53 bits per heavy atom. The zero-order valence-electron chi connectivity index (χ0n) is 19.1. The van der Waals surface area contributed by atoms with Crippen molar-refractivity contribution in [2.75, 3.05) is 17.7 Å². The number of amides is 1. The van der Waals surface area contributed by atoms with Crippen molar-refractivity contribution in [1.82, 2.24) is 19.7 Å². The van der Waals surface area contributed by atoms with Gasteiger partial charge in [-0.3, -0.25) is 9.78 Å². The minimum atomic E-state index is -0.557. The summed E-state index contributed by atoms with van der Waals surface area (Å²) in [6.07, 6.45) is 1.71. The normalized spacial score (nSPS) is 14.9. The predicted molar refractivity (Wildman–Crippen MR) is 131 cm³/mol. The lowest BCUT2D eigenvalue weighted by molar-refractivity contribution is -0.113. The second-order valence-corrected chi connectivity index (χ2v) is 8.04. The number of aryl methyl sites for hydroxylation is 1. The number of benzene rings is 2. The predicted octanol–water partition coefficient (Wildman–Crippen LogP) is 4.58. The number of carbonyl (C=O) groups is 1. The highest BCUT2D eigenvalue weighted by Crippen LogP contribution is 2.36. The van der Waals surface area contributed by atoms with Gasteiger partial charge in [-0.25, -0.2) is 4.68 Å². The summed E-state index contributed by atoms with van der Waals surface area (Å²) >= 11 is 0. The van der Waals surface area contributed by atoms with Crippen LogP contribution in [0.15, 0.2) is 84.2 Å². The second kappa shape index (κ2) is 8.82. The van der Waals surface area contributed by atoms with E-state index in [0.29, 0.717) is 40.2 Å². The molecule has 1 atom stereocenters. The van der Waals surface area contributed by atoms with Crippen LogP contribution in [0.4, 0.5) is 11.6 Å². The van der Waals surface area contributed by atoms with Crippen LogP contribution in [0.25, 0.3) is 11.4 Å². The van der Waals surface area contributed by atoms with E-state index in [1.807, 2.05) is 68.4 Å². The van der Waals surface area contributed by atoms with E-state index in [1.54, 1.807) is 30.1 Å². The van der Waals surface area contributed by atoms with E-state index in [0.717, 1.165) is 11.1 Å². The fourth-order valence-corrected chi connectivity index (χ4v) is 4.02. The van der Waals surface area contributed by atoms with E-state index in [4.69, 9.17) is 14.8 Å². The Morgan fingerprint density at radius 1 is 1.03 bits per heavy atom. The van der Waals surface area contributed by atoms with Crippen LogP contribution in [0.5, 0.6) is 5.75 Å². The molecule has 1 amide bonds. The standard InChI is InChI=1S/C26H24N6O2/c1-16-11-13-18(14-12-16)24-30-26-28-17(2)22(23(32(26)31-24)20-9-6-7-15-27-20)25(33)29-19-8-4-5-10-21(19)34-3/h4-15,23H,1-3H3,(H,29,33)(H,28,30,31). The zero-order valence-corrected chi connectivity index (χ0v) is 19.1. The molecule has 0 aliphatic carbocycles. The number of hydrogen-bond donors (Lipinski definition) is 2. The molecule has 2 aromatic heterocycles. The molecule has 0 saturated carbocycles. The van der Waals surface area contributed by atoms with Crippen molar-refractivity contribution in [3.63, 3.8) is 0 Å². The first-order chi connectivity index (χ1) is 16.5. The van der Waals surface area contributed by atoms with E-state index >= 15 is 0 Å². The fourth-order valence-electron chi connectivity index (χ4n) is 4.02. The number of nitrogens with zero attached hydrogens (tertiary/aromatic N) is 4. The summed E-state index contributed by atoms with van der Waals surface area (Å²) in [5.41, 5.74) is 4.50. The van der Waals surface area contributed by atoms with Gasteiger partial charge in [0.1, 0.15) is 11.8 Å². The quantitative estimate of drug-likeness (QED) is 0.460. The first-order valence-electron chi connectivity index (χ1n) is 10.9. The number of allylic oxidation sites excluding steroid dienone is 1. The van der Waals surface area contributed by atoms with Crippen LogP contribution in [-0.4, -0.2) is 32.8 Å². The van der Waals surface area contributed by atoms with E-state index in [9.17, 15) is 4.79 Å². The van der Waals surface area contributed by atoms with Crippen LogP contribution in [0, 0.1) is 6.92 Å². The van der Waals surface area contributed by atoms with E-state index in [1.165, 1.54) is 0 Å². The molecule has 8 nitrogen and oxygen atoms in total. The molecule has 2 N–H and O–H groups in total. The van der Waals surface area contributed by atoms with Crippen molar-refractivity contribution >= 4 is 17.5 Å². The molecule has 5 rings (SSSR count). The summed E-state index contributed by atoms with van der Waals surface area (Å²) in [6.45, 7) is 3.89. The average molecular weight is 453 g/mol. The van der Waals surface area contributed by atoms with Crippen LogP contribution in [0.3, 0.4) is 0 Å². The van der Waals surface area contributed by atoms with Gasteiger partial charge in [-0.05, 0) is 38.1 Å². The Bertz CT molecular complexity index is 1380. The molecule has 170 valence electrons. The molecule has 34 heavy (non-hydrogen) atoms. The monoisotopic (exact) mass is 452 g/mol. The van der Waals surface area contributed by atoms with Gasteiger partial charge in [0.05, 0.1) is 24.1 Å². The smallest absolute Gasteiger partial charge is 0.256 e. The number of ether oxygens (including phenoxy) is 1. The number of fused-ring (bicyclic) bond motifs is 1. The summed E-state index contributed by atoms with van der Waals surface area (Å²) in [5, 5.41) is 11.0. The average Bonchev–Trinajstić information content (AvgIpc) is 3.28. The molecule has 0 radical (unpaired) electrons. The molecule has 2 aromatic carbocycles. The minimum absolute atomic E-state index is 0.275. The first-order valence-corrected chi connectivity index (χ1v) is 10.9. The Hall–Kier alpha value is -4.46. The molecule has 1 unspecified atom stereocenters. The van der Waals surface area contributed by atoms with Crippen molar-refractivity contribution < 1.29 is 9.53 Å². The number of para-hydroxylation sites is 2. The molecule has 4 aromatic rings. The Balaban J connectivity index is 1.58. The van der Waals surface area contributed by atoms with Crippen molar-refractivity contribution in [3.05, 3.63) is 95.5 Å². The highest BCUT2D eigenvalue weighted by molar-refractivity contribution is 6.06. The number of aromatic nitrogens is 4. The Morgan fingerprint density at radius 2 is 1.79 bits per heavy atom. The molecule has 0 saturated heterocycles. The van der Waals surface area contributed by atoms with Gasteiger partial charge in [-0.15, -0.1) is 5.10 Å². The van der Waals surface area contributed by atoms with Gasteiger partial charge in [0, 0.05) is 17.5 Å². The van der Waals surface area contributed by atoms with Gasteiger partial charge in [0.25, 0.3) is 5.91 Å². The summed E-state index contributed by atoms with van der Waals surface area (Å²) in [5.74, 6) is 1.43. The van der Waals surface area contributed by atoms with Crippen molar-refractivity contribution in [2.45, 2.75) is 19.9 Å². The van der Waals surface area contributed by atoms with Gasteiger partial charge in [0.2, 0.25) is 5.95 Å². The lowest BCUT2D eigenvalue weighted by Crippen LogP contribution is -2.32. The number of rotatable bonds is 5. The van der Waals surface area contributed by atoms with Gasteiger partial charge in [-0.2, -0.15) is 4.98 Å². The lowest BCUT2D eigenvalue weighted by atomic mass is 9.98. The molecule has 0 fully saturated rings. The van der Waals surface area contributed by atoms with E-state index < -0.39 is 6.04 Å². The number of pyridine rings is 1. The molecule has 3 heterocycles. The van der Waals surface area contributed by atoms with Crippen LogP contribution >= 0.6 is 0 Å². The number of anilines is 2. The van der Waals surface area contributed by atoms with Gasteiger partial charge >= 0.3 is 0 Å². The van der Waals surface area contributed by atoms with Crippen LogP contribution in [-0.2, 0) is 4.79 Å². The summed E-state index contributed by atoms with van der Waals surface area (Å²) in [4.78, 5) is 22.9. The maximum atomic E-state index is 13.6. The number of methoxy groups -OCH3 is 1. The van der Waals surface area contributed by atoms with Crippen molar-refractivity contribution in [2.24, 2.45) is 0 Å². The lowest BCUT2D eigenvalue weighted by Gasteiger charge is -2.28. The summed E-state index contributed by atoms with van der Waals surface area (Å²) < 4.78 is 7.13. The molecule has 1 aliphatic rings. The topological polar surface area (TPSA) is 94.0 Å². The second-order valence-electron chi connectivity index (χ2n) is 8.04. The van der Waals surface area contributed by atoms with Gasteiger partial charge < -0.3 is 15.4 Å². The van der Waals surface area contributed by atoms with E-state index in [2.05, 4.69) is 15.6 Å². The number of hydrogen-bond acceptors (Lipinski definition) is 6. The molecule has 0 bridgehead atoms. The van der Waals surface area contributed by atoms with Crippen LogP contribution in [0.2, 0.25) is 0 Å². The molecule has 8 heteroatoms. The zero-order chi connectivity index (χ0) is 23.7. The highest BCUT2D eigenvalue weighted by atomic mass is 16.5. The van der Waals surface area contributed by atoms with Crippen LogP contribution in [0.1, 0.15) is 24.2 Å². The number of carbonyl (C=O) groups excluding carboxylic acids is 1. The third kappa shape index (κ3) is 3.90. The fraction of sp³-hybridized carbons (Fsp3) is 0.154. The SMILES string of the molecule is COc1ccccc1NC(=O)C1=C(C)Nc2nc(-c3ccc(C)cc3)nn2C1c1ccccn1. The van der Waals surface area contributed by atoms with Crippen molar-refractivity contribution in [1.29, 1.82) is 0 Å². The van der Waals surface area contributed by atoms with E-state index in [-0.39, 0.29) is 5.91 Å². The maximum Gasteiger partial charge on any atom is 0.256 e.